The number of alkyl halides is 1. The Morgan fingerprint density at radius 3 is 2.48 bits per heavy atom. The number of nitrogens with zero attached hydrogens (tertiary/aromatic N) is 1. The van der Waals surface area contributed by atoms with Gasteiger partial charge in [-0.3, -0.25) is 4.79 Å². The number of carbonyl (C=O) groups excluding carboxylic acids is 1. The average Bonchev–Trinajstić information content (AvgIpc) is 2.49. The van der Waals surface area contributed by atoms with Crippen LogP contribution < -0.4 is 0 Å². The zero-order valence-electron chi connectivity index (χ0n) is 11.2. The van der Waals surface area contributed by atoms with Crippen molar-refractivity contribution in [3.63, 3.8) is 0 Å². The van der Waals surface area contributed by atoms with Crippen molar-refractivity contribution in [2.45, 2.75) is 6.54 Å². The lowest BCUT2D eigenvalue weighted by Gasteiger charge is -2.22. The van der Waals surface area contributed by atoms with Gasteiger partial charge in [-0.1, -0.05) is 46.3 Å². The van der Waals surface area contributed by atoms with E-state index in [0.717, 1.165) is 23.8 Å². The molecule has 0 fully saturated rings. The third-order valence-electron chi connectivity index (χ3n) is 3.02. The summed E-state index contributed by atoms with van der Waals surface area (Å²) in [6, 6.07) is 12.3. The fraction of sp³-hybridized carbons (Fsp3) is 0.188. The Hall–Kier alpha value is -1.75. The Balaban J connectivity index is 2.25. The molecule has 0 aliphatic heterocycles. The second-order valence-electron chi connectivity index (χ2n) is 4.53. The number of benzene rings is 2. The fourth-order valence-corrected chi connectivity index (χ4v) is 2.42. The SMILES string of the molecule is O=C(c1cc(F)ccc1F)N(CCBr)Cc1ccccc1. The van der Waals surface area contributed by atoms with Crippen molar-refractivity contribution in [2.75, 3.05) is 11.9 Å². The summed E-state index contributed by atoms with van der Waals surface area (Å²) in [5, 5.41) is 0.558. The van der Waals surface area contributed by atoms with Gasteiger partial charge in [0.25, 0.3) is 5.91 Å². The van der Waals surface area contributed by atoms with Crippen LogP contribution >= 0.6 is 15.9 Å². The molecule has 2 nitrogen and oxygen atoms in total. The van der Waals surface area contributed by atoms with E-state index in [1.807, 2.05) is 30.3 Å². The van der Waals surface area contributed by atoms with Gasteiger partial charge in [0.15, 0.2) is 0 Å². The number of carbonyl (C=O) groups is 1. The Morgan fingerprint density at radius 2 is 1.81 bits per heavy atom. The summed E-state index contributed by atoms with van der Waals surface area (Å²) < 4.78 is 27.0. The van der Waals surface area contributed by atoms with E-state index in [9.17, 15) is 13.6 Å². The molecule has 0 saturated carbocycles. The van der Waals surface area contributed by atoms with Gasteiger partial charge in [0, 0.05) is 18.4 Å². The topological polar surface area (TPSA) is 20.3 Å². The van der Waals surface area contributed by atoms with E-state index in [1.165, 1.54) is 4.90 Å². The monoisotopic (exact) mass is 353 g/mol. The predicted octanol–water partition coefficient (Wildman–Crippen LogP) is 4.00. The van der Waals surface area contributed by atoms with Crippen LogP contribution in [0, 0.1) is 11.6 Å². The van der Waals surface area contributed by atoms with Gasteiger partial charge in [-0.15, -0.1) is 0 Å². The molecule has 21 heavy (non-hydrogen) atoms. The first-order valence-electron chi connectivity index (χ1n) is 6.46. The van der Waals surface area contributed by atoms with Crippen molar-refractivity contribution in [1.29, 1.82) is 0 Å². The maximum Gasteiger partial charge on any atom is 0.257 e. The van der Waals surface area contributed by atoms with Crippen molar-refractivity contribution in [3.05, 3.63) is 71.3 Å². The largest absolute Gasteiger partial charge is 0.333 e. The highest BCUT2D eigenvalue weighted by Gasteiger charge is 2.19. The third kappa shape index (κ3) is 4.11. The summed E-state index contributed by atoms with van der Waals surface area (Å²) in [5.41, 5.74) is 0.690. The Kier molecular flexibility index (Phi) is 5.44. The molecular formula is C16H14BrF2NO. The molecule has 0 aliphatic rings. The minimum Gasteiger partial charge on any atom is -0.333 e. The molecule has 2 aromatic carbocycles. The summed E-state index contributed by atoms with van der Waals surface area (Å²) in [6.07, 6.45) is 0. The zero-order chi connectivity index (χ0) is 15.2. The van der Waals surface area contributed by atoms with Crippen LogP contribution in [0.5, 0.6) is 0 Å². The van der Waals surface area contributed by atoms with Crippen LogP contribution in [0.2, 0.25) is 0 Å². The first-order chi connectivity index (χ1) is 10.1. The van der Waals surface area contributed by atoms with Crippen LogP contribution in [-0.2, 0) is 6.54 Å². The van der Waals surface area contributed by atoms with Gasteiger partial charge in [-0.25, -0.2) is 8.78 Å². The molecular weight excluding hydrogens is 340 g/mol. The molecule has 0 unspecified atom stereocenters. The summed E-state index contributed by atoms with van der Waals surface area (Å²) >= 11 is 3.28. The van der Waals surface area contributed by atoms with Gasteiger partial charge in [0.1, 0.15) is 11.6 Å². The van der Waals surface area contributed by atoms with Crippen LogP contribution in [0.3, 0.4) is 0 Å². The lowest BCUT2D eigenvalue weighted by atomic mass is 10.1. The van der Waals surface area contributed by atoms with Crippen LogP contribution in [0.4, 0.5) is 8.78 Å². The van der Waals surface area contributed by atoms with E-state index in [1.54, 1.807) is 0 Å². The Morgan fingerprint density at radius 1 is 1.10 bits per heavy atom. The standard InChI is InChI=1S/C16H14BrF2NO/c17-8-9-20(11-12-4-2-1-3-5-12)16(21)14-10-13(18)6-7-15(14)19/h1-7,10H,8-9,11H2. The number of halogens is 3. The van der Waals surface area contributed by atoms with Crippen molar-refractivity contribution < 1.29 is 13.6 Å². The fourth-order valence-electron chi connectivity index (χ4n) is 1.99. The maximum absolute atomic E-state index is 13.7. The molecule has 1 amide bonds. The van der Waals surface area contributed by atoms with Gasteiger partial charge < -0.3 is 4.90 Å². The number of amides is 1. The highest BCUT2D eigenvalue weighted by atomic mass is 79.9. The molecule has 0 N–H and O–H groups in total. The van der Waals surface area contributed by atoms with Crippen LogP contribution in [-0.4, -0.2) is 22.7 Å². The summed E-state index contributed by atoms with van der Waals surface area (Å²) in [6.45, 7) is 0.755. The van der Waals surface area contributed by atoms with Crippen molar-refractivity contribution >= 4 is 21.8 Å². The Labute approximate surface area is 130 Å². The minimum absolute atomic E-state index is 0.244. The number of rotatable bonds is 5. The quantitative estimate of drug-likeness (QED) is 0.744. The van der Waals surface area contributed by atoms with Gasteiger partial charge in [-0.05, 0) is 23.8 Å². The normalized spacial score (nSPS) is 10.4. The highest BCUT2D eigenvalue weighted by molar-refractivity contribution is 9.09. The van der Waals surface area contributed by atoms with Crippen molar-refractivity contribution in [2.24, 2.45) is 0 Å². The molecule has 2 aromatic rings. The molecule has 0 atom stereocenters. The maximum atomic E-state index is 13.7. The molecule has 0 aromatic heterocycles. The second kappa shape index (κ2) is 7.31. The van der Waals surface area contributed by atoms with Crippen LogP contribution in [0.15, 0.2) is 48.5 Å². The molecule has 0 radical (unpaired) electrons. The van der Waals surface area contributed by atoms with Crippen molar-refractivity contribution in [3.8, 4) is 0 Å². The summed E-state index contributed by atoms with van der Waals surface area (Å²) in [7, 11) is 0. The molecule has 110 valence electrons. The third-order valence-corrected chi connectivity index (χ3v) is 3.37. The lowest BCUT2D eigenvalue weighted by molar-refractivity contribution is 0.0749. The average molecular weight is 354 g/mol. The first kappa shape index (κ1) is 15.6. The second-order valence-corrected chi connectivity index (χ2v) is 5.32. The van der Waals surface area contributed by atoms with Crippen LogP contribution in [0.1, 0.15) is 15.9 Å². The number of hydrogen-bond acceptors (Lipinski definition) is 1. The predicted molar refractivity (Wildman–Crippen MR) is 81.3 cm³/mol. The highest BCUT2D eigenvalue weighted by Crippen LogP contribution is 2.15. The summed E-state index contributed by atoms with van der Waals surface area (Å²) in [4.78, 5) is 13.9. The summed E-state index contributed by atoms with van der Waals surface area (Å²) in [5.74, 6) is -1.86. The van der Waals surface area contributed by atoms with Gasteiger partial charge in [0.05, 0.1) is 5.56 Å². The lowest BCUT2D eigenvalue weighted by Crippen LogP contribution is -2.32. The van der Waals surface area contributed by atoms with Gasteiger partial charge in [-0.2, -0.15) is 0 Å². The zero-order valence-corrected chi connectivity index (χ0v) is 12.8. The van der Waals surface area contributed by atoms with E-state index in [2.05, 4.69) is 15.9 Å². The number of hydrogen-bond donors (Lipinski definition) is 0. The minimum atomic E-state index is -0.714. The van der Waals surface area contributed by atoms with Crippen LogP contribution in [0.25, 0.3) is 0 Å². The van der Waals surface area contributed by atoms with Gasteiger partial charge in [0.2, 0.25) is 0 Å². The molecule has 0 bridgehead atoms. The van der Waals surface area contributed by atoms with E-state index in [0.29, 0.717) is 18.4 Å². The molecule has 0 heterocycles. The van der Waals surface area contributed by atoms with Gasteiger partial charge >= 0.3 is 0 Å². The van der Waals surface area contributed by atoms with E-state index < -0.39 is 17.5 Å². The molecule has 0 aliphatic carbocycles. The van der Waals surface area contributed by atoms with E-state index in [-0.39, 0.29) is 5.56 Å². The first-order valence-corrected chi connectivity index (χ1v) is 7.58. The smallest absolute Gasteiger partial charge is 0.257 e. The van der Waals surface area contributed by atoms with E-state index in [4.69, 9.17) is 0 Å². The molecule has 2 rings (SSSR count). The molecule has 0 saturated heterocycles. The molecule has 5 heteroatoms. The van der Waals surface area contributed by atoms with E-state index >= 15 is 0 Å². The Bertz CT molecular complexity index is 619. The molecule has 0 spiro atoms. The van der Waals surface area contributed by atoms with Crippen molar-refractivity contribution in [1.82, 2.24) is 4.90 Å².